The highest BCUT2D eigenvalue weighted by Crippen LogP contribution is 2.42. The molecule has 2 aliphatic rings. The summed E-state index contributed by atoms with van der Waals surface area (Å²) in [7, 11) is 0. The van der Waals surface area contributed by atoms with Crippen molar-refractivity contribution in [3.8, 4) is 0 Å². The Morgan fingerprint density at radius 3 is 2.55 bits per heavy atom. The molecule has 2 fully saturated rings. The second-order valence-corrected chi connectivity index (χ2v) is 9.15. The van der Waals surface area contributed by atoms with Crippen LogP contribution in [0, 0.1) is 0 Å². The number of hydrogen-bond donors (Lipinski definition) is 1. The quantitative estimate of drug-likeness (QED) is 0.746. The third kappa shape index (κ3) is 3.61. The lowest BCUT2D eigenvalue weighted by Gasteiger charge is -2.44. The van der Waals surface area contributed by atoms with Gasteiger partial charge in [0.05, 0.1) is 11.4 Å². The maximum absolute atomic E-state index is 12.4. The van der Waals surface area contributed by atoms with Gasteiger partial charge in [-0.1, -0.05) is 0 Å². The molecule has 1 spiro atoms. The molecule has 0 aliphatic carbocycles. The van der Waals surface area contributed by atoms with Crippen molar-refractivity contribution < 1.29 is 9.53 Å². The van der Waals surface area contributed by atoms with Crippen LogP contribution in [0.2, 0.25) is 0 Å². The predicted octanol–water partition coefficient (Wildman–Crippen LogP) is 3.22. The molecule has 0 radical (unpaired) electrons. The Hall–Kier alpha value is -0.420. The molecular formula is C15H28N2O2S. The number of amides is 1. The number of hydrogen-bond acceptors (Lipinski definition) is 4. The minimum atomic E-state index is -0.434. The van der Waals surface area contributed by atoms with E-state index in [1.54, 1.807) is 0 Å². The van der Waals surface area contributed by atoms with Gasteiger partial charge in [0.2, 0.25) is 0 Å². The molecule has 116 valence electrons. The second kappa shape index (κ2) is 5.09. The Bertz CT molecular complexity index is 392. The maximum Gasteiger partial charge on any atom is 0.410 e. The third-order valence-corrected chi connectivity index (χ3v) is 5.68. The highest BCUT2D eigenvalue weighted by atomic mass is 32.2. The van der Waals surface area contributed by atoms with Crippen molar-refractivity contribution in [2.24, 2.45) is 0 Å². The van der Waals surface area contributed by atoms with E-state index in [4.69, 9.17) is 4.74 Å². The molecule has 1 N–H and O–H groups in total. The Balaban J connectivity index is 2.08. The minimum absolute atomic E-state index is 0.00686. The van der Waals surface area contributed by atoms with Gasteiger partial charge in [-0.15, -0.1) is 11.8 Å². The van der Waals surface area contributed by atoms with E-state index in [-0.39, 0.29) is 22.5 Å². The fourth-order valence-electron chi connectivity index (χ4n) is 2.90. The van der Waals surface area contributed by atoms with E-state index in [1.807, 2.05) is 37.4 Å². The smallest absolute Gasteiger partial charge is 0.410 e. The summed E-state index contributed by atoms with van der Waals surface area (Å²) in [5.41, 5.74) is -0.290. The molecule has 2 unspecified atom stereocenters. The van der Waals surface area contributed by atoms with Crippen LogP contribution >= 0.6 is 11.8 Å². The predicted molar refractivity (Wildman–Crippen MR) is 84.0 cm³/mol. The molecule has 0 saturated carbocycles. The number of carbonyl (C=O) groups is 1. The van der Waals surface area contributed by atoms with E-state index in [1.165, 1.54) is 0 Å². The Morgan fingerprint density at radius 1 is 1.40 bits per heavy atom. The molecule has 0 aromatic carbocycles. The lowest BCUT2D eigenvalue weighted by Crippen LogP contribution is -2.60. The van der Waals surface area contributed by atoms with Gasteiger partial charge in [0, 0.05) is 17.3 Å². The van der Waals surface area contributed by atoms with Gasteiger partial charge in [-0.05, 0) is 54.4 Å². The van der Waals surface area contributed by atoms with E-state index in [0.717, 1.165) is 25.1 Å². The highest BCUT2D eigenvalue weighted by molar-refractivity contribution is 8.01. The molecule has 0 aromatic rings. The van der Waals surface area contributed by atoms with Gasteiger partial charge < -0.3 is 9.64 Å². The Morgan fingerprint density at radius 2 is 2.05 bits per heavy atom. The molecule has 5 heteroatoms. The summed E-state index contributed by atoms with van der Waals surface area (Å²) in [5, 5.41) is 3.73. The normalized spacial score (nSPS) is 33.5. The Kier molecular flexibility index (Phi) is 4.06. The summed E-state index contributed by atoms with van der Waals surface area (Å²) in [6, 6.07) is 0.251. The maximum atomic E-state index is 12.4. The fourth-order valence-corrected chi connectivity index (χ4v) is 4.45. The molecule has 0 bridgehead atoms. The summed E-state index contributed by atoms with van der Waals surface area (Å²) in [6.07, 6.45) is 1.95. The highest BCUT2D eigenvalue weighted by Gasteiger charge is 2.48. The minimum Gasteiger partial charge on any atom is -0.444 e. The zero-order valence-corrected chi connectivity index (χ0v) is 14.4. The molecule has 2 rings (SSSR count). The molecular weight excluding hydrogens is 272 g/mol. The second-order valence-electron chi connectivity index (χ2n) is 7.79. The molecule has 0 aromatic heterocycles. The molecule has 2 heterocycles. The summed E-state index contributed by atoms with van der Waals surface area (Å²) in [5.74, 6) is 1.09. The SMILES string of the molecule is CC1CCC2(CN1C(=O)OC(C)(C)C)NC(C)(C)CS2. The summed E-state index contributed by atoms with van der Waals surface area (Å²) in [4.78, 5) is 14.3. The van der Waals surface area contributed by atoms with Crippen LogP contribution in [0.5, 0.6) is 0 Å². The van der Waals surface area contributed by atoms with Crippen LogP contribution in [0.4, 0.5) is 4.79 Å². The van der Waals surface area contributed by atoms with E-state index in [9.17, 15) is 4.79 Å². The average Bonchev–Trinajstić information content (AvgIpc) is 2.56. The number of piperidine rings is 1. The van der Waals surface area contributed by atoms with E-state index in [2.05, 4.69) is 26.1 Å². The van der Waals surface area contributed by atoms with Gasteiger partial charge in [-0.3, -0.25) is 5.32 Å². The number of thioether (sulfide) groups is 1. The summed E-state index contributed by atoms with van der Waals surface area (Å²) < 4.78 is 5.55. The van der Waals surface area contributed by atoms with Crippen molar-refractivity contribution in [2.75, 3.05) is 12.3 Å². The topological polar surface area (TPSA) is 41.6 Å². The summed E-state index contributed by atoms with van der Waals surface area (Å²) >= 11 is 1.95. The zero-order chi connectivity index (χ0) is 15.2. The number of rotatable bonds is 0. The van der Waals surface area contributed by atoms with Gasteiger partial charge in [0.1, 0.15) is 5.60 Å². The summed E-state index contributed by atoms with van der Waals surface area (Å²) in [6.45, 7) is 13.1. The van der Waals surface area contributed by atoms with Gasteiger partial charge in [-0.2, -0.15) is 0 Å². The Labute approximate surface area is 127 Å². The van der Waals surface area contributed by atoms with Crippen molar-refractivity contribution in [1.29, 1.82) is 0 Å². The first-order chi connectivity index (χ1) is 9.02. The molecule has 2 saturated heterocycles. The van der Waals surface area contributed by atoms with Crippen molar-refractivity contribution >= 4 is 17.9 Å². The average molecular weight is 300 g/mol. The van der Waals surface area contributed by atoms with Crippen molar-refractivity contribution in [2.45, 2.75) is 76.4 Å². The first kappa shape index (κ1) is 16.0. The van der Waals surface area contributed by atoms with Gasteiger partial charge in [0.15, 0.2) is 0 Å². The van der Waals surface area contributed by atoms with Gasteiger partial charge in [0.25, 0.3) is 0 Å². The van der Waals surface area contributed by atoms with Crippen molar-refractivity contribution in [3.05, 3.63) is 0 Å². The van der Waals surface area contributed by atoms with Crippen LogP contribution in [0.15, 0.2) is 0 Å². The first-order valence-electron chi connectivity index (χ1n) is 7.45. The third-order valence-electron chi connectivity index (χ3n) is 3.83. The monoisotopic (exact) mass is 300 g/mol. The van der Waals surface area contributed by atoms with E-state index < -0.39 is 5.60 Å². The molecule has 1 amide bonds. The molecule has 4 nitrogen and oxygen atoms in total. The molecule has 2 aliphatic heterocycles. The number of nitrogens with zero attached hydrogens (tertiary/aromatic N) is 1. The fraction of sp³-hybridized carbons (Fsp3) is 0.933. The molecule has 2 atom stereocenters. The zero-order valence-electron chi connectivity index (χ0n) is 13.6. The van der Waals surface area contributed by atoms with E-state index in [0.29, 0.717) is 0 Å². The van der Waals surface area contributed by atoms with Gasteiger partial charge >= 0.3 is 6.09 Å². The largest absolute Gasteiger partial charge is 0.444 e. The standard InChI is InChI=1S/C15H28N2O2S/c1-11-7-8-15(16-14(5,6)10-20-15)9-17(11)12(18)19-13(2,3)4/h11,16H,7-10H2,1-6H3. The van der Waals surface area contributed by atoms with Crippen LogP contribution in [0.25, 0.3) is 0 Å². The number of carbonyl (C=O) groups excluding carboxylic acids is 1. The number of likely N-dealkylation sites (tertiary alicyclic amines) is 1. The number of ether oxygens (including phenoxy) is 1. The van der Waals surface area contributed by atoms with Crippen molar-refractivity contribution in [3.63, 3.8) is 0 Å². The van der Waals surface area contributed by atoms with E-state index >= 15 is 0 Å². The first-order valence-corrected chi connectivity index (χ1v) is 8.44. The van der Waals surface area contributed by atoms with Gasteiger partial charge in [-0.25, -0.2) is 4.79 Å². The van der Waals surface area contributed by atoms with Crippen LogP contribution in [0.3, 0.4) is 0 Å². The van der Waals surface area contributed by atoms with Crippen LogP contribution < -0.4 is 5.32 Å². The lowest BCUT2D eigenvalue weighted by molar-refractivity contribution is 0.00543. The van der Waals surface area contributed by atoms with Crippen molar-refractivity contribution in [1.82, 2.24) is 10.2 Å². The van der Waals surface area contributed by atoms with Crippen LogP contribution in [-0.2, 0) is 4.74 Å². The number of nitrogens with one attached hydrogen (secondary N) is 1. The molecule has 20 heavy (non-hydrogen) atoms. The van der Waals surface area contributed by atoms with Crippen LogP contribution in [-0.4, -0.2) is 45.3 Å². The van der Waals surface area contributed by atoms with Crippen LogP contribution in [0.1, 0.15) is 54.4 Å². The lowest BCUT2D eigenvalue weighted by atomic mass is 9.96.